The molecule has 0 amide bonds. The molecule has 5 heteroatoms. The van der Waals surface area contributed by atoms with Crippen molar-refractivity contribution in [2.75, 3.05) is 6.54 Å². The Labute approximate surface area is 151 Å². The molecule has 0 heterocycles. The van der Waals surface area contributed by atoms with E-state index in [9.17, 15) is 14.7 Å². The Morgan fingerprint density at radius 2 is 1.96 bits per heavy atom. The van der Waals surface area contributed by atoms with Crippen molar-refractivity contribution >= 4 is 19.4 Å². The lowest BCUT2D eigenvalue weighted by molar-refractivity contribution is -0.133. The van der Waals surface area contributed by atoms with Gasteiger partial charge in [0.1, 0.15) is 5.76 Å². The van der Waals surface area contributed by atoms with E-state index < -0.39 is 17.5 Å². The number of Topliss-reactive ketones (excluding diaryl/α,β-unsaturated/α-hetero) is 2. The average Bonchev–Trinajstić information content (AvgIpc) is 2.58. The van der Waals surface area contributed by atoms with Gasteiger partial charge in [0.2, 0.25) is 11.6 Å². The van der Waals surface area contributed by atoms with Crippen LogP contribution in [-0.4, -0.2) is 31.1 Å². The SMILES string of the molecule is [B][C@@H]1CCC(C)=C[C@H]1C1=C(O)C(NCC)=C(CCCCC)C(=O)C1=O. The Kier molecular flexibility index (Phi) is 6.68. The van der Waals surface area contributed by atoms with E-state index in [0.717, 1.165) is 37.7 Å². The molecule has 0 bridgehead atoms. The lowest BCUT2D eigenvalue weighted by Gasteiger charge is -2.31. The second-order valence-electron chi connectivity index (χ2n) is 7.00. The third-order valence-corrected chi connectivity index (χ3v) is 5.03. The van der Waals surface area contributed by atoms with Gasteiger partial charge >= 0.3 is 0 Å². The fourth-order valence-corrected chi connectivity index (χ4v) is 3.61. The number of aliphatic hydroxyl groups excluding tert-OH is 1. The first-order chi connectivity index (χ1) is 11.9. The highest BCUT2D eigenvalue weighted by Gasteiger charge is 2.39. The van der Waals surface area contributed by atoms with Gasteiger partial charge in [0, 0.05) is 18.0 Å². The molecule has 0 aromatic rings. The van der Waals surface area contributed by atoms with Crippen molar-refractivity contribution in [1.29, 1.82) is 0 Å². The van der Waals surface area contributed by atoms with Gasteiger partial charge in [-0.3, -0.25) is 9.59 Å². The van der Waals surface area contributed by atoms with Gasteiger partial charge in [0.25, 0.3) is 0 Å². The van der Waals surface area contributed by atoms with E-state index in [4.69, 9.17) is 7.85 Å². The maximum absolute atomic E-state index is 12.8. The van der Waals surface area contributed by atoms with Gasteiger partial charge in [-0.1, -0.05) is 43.7 Å². The molecule has 2 radical (unpaired) electrons. The summed E-state index contributed by atoms with van der Waals surface area (Å²) in [5.74, 6) is -1.86. The standard InChI is InChI=1S/C20H28BNO3/c1-4-6-7-8-13-17(22-5-2)19(24)16(20(25)18(13)23)14-11-12(3)9-10-15(14)21/h11,14-15,22,24H,4-10H2,1-3H3/t14-,15-/m1/s1. The number of carbonyl (C=O) groups is 2. The number of hydrogen-bond acceptors (Lipinski definition) is 4. The van der Waals surface area contributed by atoms with Gasteiger partial charge < -0.3 is 10.4 Å². The Bertz CT molecular complexity index is 645. The summed E-state index contributed by atoms with van der Waals surface area (Å²) in [4.78, 5) is 25.5. The predicted octanol–water partition coefficient (Wildman–Crippen LogP) is 3.71. The molecule has 2 atom stereocenters. The van der Waals surface area contributed by atoms with Crippen LogP contribution in [0.5, 0.6) is 0 Å². The van der Waals surface area contributed by atoms with E-state index in [0.29, 0.717) is 24.2 Å². The Morgan fingerprint density at radius 1 is 1.24 bits per heavy atom. The molecule has 0 fully saturated rings. The van der Waals surface area contributed by atoms with Crippen molar-refractivity contribution < 1.29 is 14.7 Å². The molecule has 134 valence electrons. The van der Waals surface area contributed by atoms with Crippen molar-refractivity contribution in [3.05, 3.63) is 34.3 Å². The zero-order valence-electron chi connectivity index (χ0n) is 15.5. The third kappa shape index (κ3) is 4.08. The number of carbonyl (C=O) groups excluding carboxylic acids is 2. The smallest absolute Gasteiger partial charge is 0.233 e. The van der Waals surface area contributed by atoms with Gasteiger partial charge in [0.05, 0.1) is 19.1 Å². The first-order valence-electron chi connectivity index (χ1n) is 9.34. The number of ketones is 2. The molecule has 0 saturated heterocycles. The second-order valence-corrected chi connectivity index (χ2v) is 7.00. The van der Waals surface area contributed by atoms with Crippen LogP contribution in [0, 0.1) is 5.92 Å². The zero-order valence-corrected chi connectivity index (χ0v) is 15.5. The number of rotatable bonds is 7. The van der Waals surface area contributed by atoms with Crippen molar-refractivity contribution in [2.45, 2.75) is 65.1 Å². The van der Waals surface area contributed by atoms with E-state index >= 15 is 0 Å². The molecule has 2 N–H and O–H groups in total. The maximum Gasteiger partial charge on any atom is 0.233 e. The third-order valence-electron chi connectivity index (χ3n) is 5.03. The molecule has 2 rings (SSSR count). The van der Waals surface area contributed by atoms with Crippen molar-refractivity contribution in [2.24, 2.45) is 5.92 Å². The van der Waals surface area contributed by atoms with Crippen LogP contribution in [0.1, 0.15) is 59.3 Å². The molecule has 25 heavy (non-hydrogen) atoms. The monoisotopic (exact) mass is 341 g/mol. The minimum absolute atomic E-state index is 0.0932. The topological polar surface area (TPSA) is 66.4 Å². The Hall–Kier alpha value is -1.78. The van der Waals surface area contributed by atoms with E-state index in [-0.39, 0.29) is 17.1 Å². The molecule has 0 unspecified atom stereocenters. The first kappa shape index (κ1) is 19.5. The van der Waals surface area contributed by atoms with E-state index in [1.54, 1.807) is 0 Å². The number of allylic oxidation sites excluding steroid dienone is 4. The fourth-order valence-electron chi connectivity index (χ4n) is 3.61. The van der Waals surface area contributed by atoms with Crippen LogP contribution in [0.2, 0.25) is 5.82 Å². The molecular weight excluding hydrogens is 313 g/mol. The van der Waals surface area contributed by atoms with Crippen molar-refractivity contribution in [3.63, 3.8) is 0 Å². The largest absolute Gasteiger partial charge is 0.505 e. The minimum Gasteiger partial charge on any atom is -0.505 e. The molecule has 0 aromatic carbocycles. The van der Waals surface area contributed by atoms with Crippen LogP contribution in [0.25, 0.3) is 0 Å². The highest BCUT2D eigenvalue weighted by molar-refractivity contribution is 6.50. The second kappa shape index (κ2) is 8.55. The molecule has 0 aliphatic heterocycles. The summed E-state index contributed by atoms with van der Waals surface area (Å²) in [5.41, 5.74) is 2.12. The normalized spacial score (nSPS) is 24.7. The summed E-state index contributed by atoms with van der Waals surface area (Å²) in [5, 5.41) is 13.9. The maximum atomic E-state index is 12.8. The zero-order chi connectivity index (χ0) is 18.6. The highest BCUT2D eigenvalue weighted by Crippen LogP contribution is 2.40. The predicted molar refractivity (Wildman–Crippen MR) is 100 cm³/mol. The summed E-state index contributed by atoms with van der Waals surface area (Å²) in [7, 11) is 6.20. The van der Waals surface area contributed by atoms with Gasteiger partial charge in [-0.2, -0.15) is 0 Å². The van der Waals surface area contributed by atoms with Gasteiger partial charge in [0.15, 0.2) is 0 Å². The van der Waals surface area contributed by atoms with Crippen LogP contribution in [0.15, 0.2) is 34.3 Å². The van der Waals surface area contributed by atoms with Crippen molar-refractivity contribution in [3.8, 4) is 0 Å². The minimum atomic E-state index is -0.600. The molecule has 2 aliphatic rings. The van der Waals surface area contributed by atoms with Gasteiger partial charge in [-0.25, -0.2) is 0 Å². The van der Waals surface area contributed by atoms with Crippen LogP contribution >= 0.6 is 0 Å². The van der Waals surface area contributed by atoms with E-state index in [1.165, 1.54) is 0 Å². The van der Waals surface area contributed by atoms with Crippen LogP contribution < -0.4 is 5.32 Å². The van der Waals surface area contributed by atoms with E-state index in [1.807, 2.05) is 19.9 Å². The molecule has 0 spiro atoms. The van der Waals surface area contributed by atoms with Crippen molar-refractivity contribution in [1.82, 2.24) is 5.32 Å². The number of nitrogens with one attached hydrogen (secondary N) is 1. The summed E-state index contributed by atoms with van der Waals surface area (Å²) in [6.07, 6.45) is 6.89. The molecule has 4 nitrogen and oxygen atoms in total. The highest BCUT2D eigenvalue weighted by atomic mass is 16.3. The number of unbranched alkanes of at least 4 members (excludes halogenated alkanes) is 2. The van der Waals surface area contributed by atoms with Gasteiger partial charge in [-0.05, 0) is 33.1 Å². The number of likely N-dealkylation sites (N-methyl/N-ethyl adjacent to an activating group) is 1. The lowest BCUT2D eigenvalue weighted by atomic mass is 9.64. The summed E-state index contributed by atoms with van der Waals surface area (Å²) >= 11 is 0. The van der Waals surface area contributed by atoms with Crippen LogP contribution in [0.4, 0.5) is 0 Å². The number of aliphatic hydroxyl groups is 1. The summed E-state index contributed by atoms with van der Waals surface area (Å²) in [6.45, 7) is 6.54. The number of hydrogen-bond donors (Lipinski definition) is 2. The molecular formula is C20H28BNO3. The summed E-state index contributed by atoms with van der Waals surface area (Å²) in [6, 6.07) is 0. The van der Waals surface area contributed by atoms with Crippen LogP contribution in [-0.2, 0) is 9.59 Å². The quantitative estimate of drug-likeness (QED) is 0.244. The average molecular weight is 341 g/mol. The molecule has 0 saturated carbocycles. The molecule has 2 aliphatic carbocycles. The summed E-state index contributed by atoms with van der Waals surface area (Å²) < 4.78 is 0. The lowest BCUT2D eigenvalue weighted by Crippen LogP contribution is -2.35. The van der Waals surface area contributed by atoms with E-state index in [2.05, 4.69) is 12.2 Å². The first-order valence-corrected chi connectivity index (χ1v) is 9.34. The Balaban J connectivity index is 2.49. The Morgan fingerprint density at radius 3 is 2.60 bits per heavy atom. The van der Waals surface area contributed by atoms with Crippen LogP contribution in [0.3, 0.4) is 0 Å². The van der Waals surface area contributed by atoms with Gasteiger partial charge in [-0.15, -0.1) is 0 Å². The molecule has 0 aromatic heterocycles. The fraction of sp³-hybridized carbons (Fsp3) is 0.600.